The number of nitrogens with zero attached hydrogens (tertiary/aromatic N) is 1. The van der Waals surface area contributed by atoms with Crippen LogP contribution in [0.2, 0.25) is 0 Å². The van der Waals surface area contributed by atoms with Crippen LogP contribution in [0.25, 0.3) is 0 Å². The van der Waals surface area contributed by atoms with Crippen LogP contribution in [0.15, 0.2) is 0 Å². The first-order valence-electron chi connectivity index (χ1n) is 3.83. The Labute approximate surface area is 68.4 Å². The Balaban J connectivity index is 2.06. The smallest absolute Gasteiger partial charge is 0.0387 e. The fraction of sp³-hybridized carbons (Fsp3) is 1.00. The van der Waals surface area contributed by atoms with E-state index < -0.39 is 0 Å². The number of hydrogen-bond acceptors (Lipinski definition) is 3. The van der Waals surface area contributed by atoms with E-state index >= 15 is 0 Å². The minimum Gasteiger partial charge on any atom is -0.308 e. The monoisotopic (exact) mass is 160 g/mol. The summed E-state index contributed by atoms with van der Waals surface area (Å²) in [7, 11) is 2.18. The largest absolute Gasteiger partial charge is 0.308 e. The molecule has 0 aromatic rings. The zero-order valence-corrected chi connectivity index (χ0v) is 7.40. The topological polar surface area (TPSA) is 15.3 Å². The van der Waals surface area contributed by atoms with Crippen molar-refractivity contribution in [3.8, 4) is 0 Å². The van der Waals surface area contributed by atoms with Crippen molar-refractivity contribution in [2.75, 3.05) is 32.6 Å². The lowest BCUT2D eigenvalue weighted by Gasteiger charge is -2.09. The number of thiol groups is 1. The number of nitrogens with one attached hydrogen (secondary N) is 1. The van der Waals surface area contributed by atoms with Gasteiger partial charge >= 0.3 is 0 Å². The summed E-state index contributed by atoms with van der Waals surface area (Å²) < 4.78 is 0. The van der Waals surface area contributed by atoms with Gasteiger partial charge in [0, 0.05) is 12.4 Å². The van der Waals surface area contributed by atoms with Crippen LogP contribution < -0.4 is 5.32 Å². The van der Waals surface area contributed by atoms with Crippen LogP contribution in [0.5, 0.6) is 0 Å². The van der Waals surface area contributed by atoms with Gasteiger partial charge in [0.25, 0.3) is 0 Å². The molecule has 1 rings (SSSR count). The van der Waals surface area contributed by atoms with Gasteiger partial charge in [-0.25, -0.2) is 0 Å². The summed E-state index contributed by atoms with van der Waals surface area (Å²) in [4.78, 5) is 2.38. The Morgan fingerprint density at radius 3 is 3.00 bits per heavy atom. The van der Waals surface area contributed by atoms with E-state index in [-0.39, 0.29) is 0 Å². The Morgan fingerprint density at radius 2 is 2.50 bits per heavy atom. The van der Waals surface area contributed by atoms with Crippen LogP contribution in [0.3, 0.4) is 0 Å². The van der Waals surface area contributed by atoms with Crippen molar-refractivity contribution >= 4 is 12.6 Å². The molecule has 1 unspecified atom stereocenters. The van der Waals surface area contributed by atoms with E-state index in [9.17, 15) is 0 Å². The van der Waals surface area contributed by atoms with Crippen molar-refractivity contribution in [2.45, 2.75) is 6.42 Å². The maximum Gasteiger partial charge on any atom is 0.0387 e. The van der Waals surface area contributed by atoms with Crippen molar-refractivity contribution in [3.63, 3.8) is 0 Å². The maximum absolute atomic E-state index is 4.09. The summed E-state index contributed by atoms with van der Waals surface area (Å²) in [5, 5.41) is 3.25. The molecule has 3 heteroatoms. The third-order valence-corrected chi connectivity index (χ3v) is 2.26. The average Bonchev–Trinajstić information content (AvgIpc) is 2.31. The molecule has 1 atom stereocenters. The van der Waals surface area contributed by atoms with Gasteiger partial charge < -0.3 is 10.2 Å². The summed E-state index contributed by atoms with van der Waals surface area (Å²) in [6, 6.07) is 0. The van der Waals surface area contributed by atoms with E-state index in [4.69, 9.17) is 0 Å². The normalized spacial score (nSPS) is 27.6. The van der Waals surface area contributed by atoms with Crippen molar-refractivity contribution in [1.82, 2.24) is 10.2 Å². The molecule has 2 nitrogen and oxygen atoms in total. The van der Waals surface area contributed by atoms with Gasteiger partial charge in [-0.05, 0) is 32.5 Å². The van der Waals surface area contributed by atoms with E-state index in [1.165, 1.54) is 19.5 Å². The summed E-state index contributed by atoms with van der Waals surface area (Å²) in [6.45, 7) is 3.65. The molecule has 0 bridgehead atoms. The molecular formula is C7H16N2S. The van der Waals surface area contributed by atoms with Gasteiger partial charge in [-0.15, -0.1) is 0 Å². The van der Waals surface area contributed by atoms with Gasteiger partial charge in [-0.3, -0.25) is 0 Å². The Kier molecular flexibility index (Phi) is 3.52. The van der Waals surface area contributed by atoms with Gasteiger partial charge in [-0.2, -0.15) is 12.6 Å². The highest BCUT2D eigenvalue weighted by Crippen LogP contribution is 2.12. The first-order chi connectivity index (χ1) is 4.83. The molecule has 1 saturated heterocycles. The quantitative estimate of drug-likeness (QED) is 0.459. The zero-order chi connectivity index (χ0) is 7.40. The second-order valence-electron chi connectivity index (χ2n) is 3.03. The minimum absolute atomic E-state index is 0.806. The fourth-order valence-corrected chi connectivity index (χ4v) is 1.59. The lowest BCUT2D eigenvalue weighted by Crippen LogP contribution is -2.23. The van der Waals surface area contributed by atoms with Crippen LogP contribution in [-0.4, -0.2) is 37.5 Å². The lowest BCUT2D eigenvalue weighted by atomic mass is 10.1. The first kappa shape index (κ1) is 8.37. The number of rotatable bonds is 3. The molecule has 0 radical (unpaired) electrons. The van der Waals surface area contributed by atoms with E-state index in [2.05, 4.69) is 29.9 Å². The standard InChI is InChI=1S/C7H16N2S/c1-9-3-2-7(5-9)4-8-6-10/h7-8,10H,2-6H2,1H3. The van der Waals surface area contributed by atoms with Gasteiger partial charge in [0.05, 0.1) is 0 Å². The van der Waals surface area contributed by atoms with Crippen LogP contribution in [-0.2, 0) is 0 Å². The molecule has 0 aromatic carbocycles. The predicted molar refractivity (Wildman–Crippen MR) is 47.5 cm³/mol. The van der Waals surface area contributed by atoms with Crippen molar-refractivity contribution < 1.29 is 0 Å². The molecule has 0 spiro atoms. The van der Waals surface area contributed by atoms with Crippen molar-refractivity contribution in [3.05, 3.63) is 0 Å². The van der Waals surface area contributed by atoms with Crippen LogP contribution in [0, 0.1) is 5.92 Å². The molecule has 0 amide bonds. The molecule has 1 heterocycles. The second-order valence-corrected chi connectivity index (χ2v) is 3.35. The SMILES string of the molecule is CN1CCC(CNCS)C1. The summed E-state index contributed by atoms with van der Waals surface area (Å²) in [5.74, 6) is 1.66. The predicted octanol–water partition coefficient (Wildman–Crippen LogP) is 0.415. The average molecular weight is 160 g/mol. The van der Waals surface area contributed by atoms with Crippen LogP contribution in [0.1, 0.15) is 6.42 Å². The highest BCUT2D eigenvalue weighted by molar-refractivity contribution is 7.80. The summed E-state index contributed by atoms with van der Waals surface area (Å²) in [6.07, 6.45) is 1.34. The highest BCUT2D eigenvalue weighted by Gasteiger charge is 2.17. The molecule has 0 saturated carbocycles. The molecule has 60 valence electrons. The number of hydrogen-bond donors (Lipinski definition) is 2. The van der Waals surface area contributed by atoms with E-state index in [0.717, 1.165) is 18.3 Å². The van der Waals surface area contributed by atoms with E-state index in [1.807, 2.05) is 0 Å². The Hall–Kier alpha value is 0.270. The molecule has 10 heavy (non-hydrogen) atoms. The molecule has 1 fully saturated rings. The minimum atomic E-state index is 0.806. The zero-order valence-electron chi connectivity index (χ0n) is 6.51. The van der Waals surface area contributed by atoms with Gasteiger partial charge in [0.15, 0.2) is 0 Å². The highest BCUT2D eigenvalue weighted by atomic mass is 32.1. The molecular weight excluding hydrogens is 144 g/mol. The van der Waals surface area contributed by atoms with Gasteiger partial charge in [-0.1, -0.05) is 0 Å². The van der Waals surface area contributed by atoms with Gasteiger partial charge in [0.2, 0.25) is 0 Å². The maximum atomic E-state index is 4.09. The van der Waals surface area contributed by atoms with Crippen molar-refractivity contribution in [2.24, 2.45) is 5.92 Å². The summed E-state index contributed by atoms with van der Waals surface area (Å²) >= 11 is 4.09. The van der Waals surface area contributed by atoms with E-state index in [1.54, 1.807) is 0 Å². The lowest BCUT2D eigenvalue weighted by molar-refractivity contribution is 0.391. The Morgan fingerprint density at radius 1 is 1.70 bits per heavy atom. The van der Waals surface area contributed by atoms with E-state index in [0.29, 0.717) is 0 Å². The molecule has 0 aliphatic carbocycles. The second kappa shape index (κ2) is 4.21. The third-order valence-electron chi connectivity index (χ3n) is 2.03. The number of likely N-dealkylation sites (tertiary alicyclic amines) is 1. The first-order valence-corrected chi connectivity index (χ1v) is 4.46. The van der Waals surface area contributed by atoms with Gasteiger partial charge in [0.1, 0.15) is 0 Å². The Bertz CT molecular complexity index is 97.6. The fourth-order valence-electron chi connectivity index (χ4n) is 1.46. The molecule has 1 aliphatic heterocycles. The molecule has 1 N–H and O–H groups in total. The molecule has 0 aromatic heterocycles. The van der Waals surface area contributed by atoms with Crippen molar-refractivity contribution in [1.29, 1.82) is 0 Å². The van der Waals surface area contributed by atoms with Crippen LogP contribution >= 0.6 is 12.6 Å². The van der Waals surface area contributed by atoms with Crippen LogP contribution in [0.4, 0.5) is 0 Å². The third kappa shape index (κ3) is 2.48. The molecule has 1 aliphatic rings. The summed E-state index contributed by atoms with van der Waals surface area (Å²) in [5.41, 5.74) is 0.